The Morgan fingerprint density at radius 1 is 1.43 bits per heavy atom. The van der Waals surface area contributed by atoms with Gasteiger partial charge in [0.05, 0.1) is 0 Å². The van der Waals surface area contributed by atoms with Crippen molar-refractivity contribution in [3.05, 3.63) is 0 Å². The van der Waals surface area contributed by atoms with Gasteiger partial charge in [0.25, 0.3) is 0 Å². The summed E-state index contributed by atoms with van der Waals surface area (Å²) in [5, 5.41) is 0. The fourth-order valence-electron chi connectivity index (χ4n) is 1.95. The minimum Gasteiger partial charge on any atom is -0.326 e. The molecule has 1 aliphatic heterocycles. The smallest absolute Gasteiger partial charge is 0.0194 e. The van der Waals surface area contributed by atoms with E-state index >= 15 is 0 Å². The lowest BCUT2D eigenvalue weighted by atomic mass is 9.94. The van der Waals surface area contributed by atoms with E-state index in [0.29, 0.717) is 6.04 Å². The highest BCUT2D eigenvalue weighted by Crippen LogP contribution is 2.15. The molecule has 0 radical (unpaired) electrons. The van der Waals surface area contributed by atoms with Crippen LogP contribution in [0.3, 0.4) is 0 Å². The number of likely N-dealkylation sites (tertiary alicyclic amines) is 1. The van der Waals surface area contributed by atoms with Gasteiger partial charge in [0.2, 0.25) is 0 Å². The second-order valence-electron chi connectivity index (χ2n) is 4.43. The van der Waals surface area contributed by atoms with E-state index in [-0.39, 0.29) is 0 Å². The molecule has 1 aliphatic rings. The van der Waals surface area contributed by atoms with Crippen LogP contribution in [0.2, 0.25) is 0 Å². The maximum Gasteiger partial charge on any atom is 0.0194 e. The number of unbranched alkanes of at least 4 members (excludes halogenated alkanes) is 1. The summed E-state index contributed by atoms with van der Waals surface area (Å²) in [7, 11) is 0. The van der Waals surface area contributed by atoms with Crippen LogP contribution in [0.25, 0.3) is 0 Å². The van der Waals surface area contributed by atoms with Gasteiger partial charge >= 0.3 is 0 Å². The van der Waals surface area contributed by atoms with E-state index in [0.717, 1.165) is 12.5 Å². The number of hydrogen-bond acceptors (Lipinski definition) is 3. The highest BCUT2D eigenvalue weighted by atomic mass is 32.2. The zero-order valence-corrected chi connectivity index (χ0v) is 10.4. The molecule has 1 rings (SSSR count). The van der Waals surface area contributed by atoms with Crippen molar-refractivity contribution >= 4 is 11.8 Å². The van der Waals surface area contributed by atoms with E-state index < -0.39 is 0 Å². The third-order valence-corrected chi connectivity index (χ3v) is 3.87. The highest BCUT2D eigenvalue weighted by molar-refractivity contribution is 7.98. The van der Waals surface area contributed by atoms with Gasteiger partial charge in [0.1, 0.15) is 0 Å². The largest absolute Gasteiger partial charge is 0.326 e. The average molecular weight is 216 g/mol. The summed E-state index contributed by atoms with van der Waals surface area (Å²) in [5.74, 6) is 2.02. The summed E-state index contributed by atoms with van der Waals surface area (Å²) in [6.45, 7) is 5.89. The first-order valence-electron chi connectivity index (χ1n) is 5.71. The lowest BCUT2D eigenvalue weighted by Crippen LogP contribution is -2.47. The number of rotatable bonds is 5. The average Bonchev–Trinajstić information content (AvgIpc) is 2.18. The van der Waals surface area contributed by atoms with E-state index in [2.05, 4.69) is 18.1 Å². The molecule has 0 aromatic rings. The topological polar surface area (TPSA) is 29.3 Å². The van der Waals surface area contributed by atoms with E-state index in [1.165, 1.54) is 38.1 Å². The maximum atomic E-state index is 6.05. The first-order chi connectivity index (χ1) is 6.74. The van der Waals surface area contributed by atoms with Crippen LogP contribution in [0.5, 0.6) is 0 Å². The van der Waals surface area contributed by atoms with Gasteiger partial charge in [0, 0.05) is 12.6 Å². The van der Waals surface area contributed by atoms with Crippen molar-refractivity contribution in [3.8, 4) is 0 Å². The fraction of sp³-hybridized carbons (Fsp3) is 1.00. The molecule has 0 aromatic heterocycles. The van der Waals surface area contributed by atoms with Crippen LogP contribution in [0.15, 0.2) is 0 Å². The number of nitrogens with two attached hydrogens (primary N) is 1. The van der Waals surface area contributed by atoms with Crippen molar-refractivity contribution in [1.82, 2.24) is 4.90 Å². The molecule has 3 heteroatoms. The van der Waals surface area contributed by atoms with Crippen molar-refractivity contribution < 1.29 is 0 Å². The van der Waals surface area contributed by atoms with Gasteiger partial charge in [0.15, 0.2) is 0 Å². The molecule has 0 saturated carbocycles. The monoisotopic (exact) mass is 216 g/mol. The zero-order valence-electron chi connectivity index (χ0n) is 9.54. The molecule has 0 spiro atoms. The van der Waals surface area contributed by atoms with E-state index in [1.54, 1.807) is 0 Å². The van der Waals surface area contributed by atoms with Crippen LogP contribution in [-0.4, -0.2) is 42.6 Å². The Labute approximate surface area is 92.6 Å². The van der Waals surface area contributed by atoms with Gasteiger partial charge in [-0.1, -0.05) is 6.92 Å². The predicted molar refractivity (Wildman–Crippen MR) is 65.8 cm³/mol. The maximum absolute atomic E-state index is 6.05. The molecule has 0 bridgehead atoms. The molecule has 14 heavy (non-hydrogen) atoms. The molecule has 2 nitrogen and oxygen atoms in total. The van der Waals surface area contributed by atoms with Crippen LogP contribution in [0, 0.1) is 5.92 Å². The molecule has 2 atom stereocenters. The molecule has 2 unspecified atom stereocenters. The standard InChI is InChI=1S/C11H24N2S/c1-10-5-7-13(9-11(10)12)6-3-4-8-14-2/h10-11H,3-9,12H2,1-2H3. The van der Waals surface area contributed by atoms with Crippen LogP contribution < -0.4 is 5.73 Å². The van der Waals surface area contributed by atoms with Crippen molar-refractivity contribution in [2.45, 2.75) is 32.2 Å². The number of piperidine rings is 1. The molecular formula is C11H24N2S. The minimum atomic E-state index is 0.407. The Hall–Kier alpha value is 0.270. The van der Waals surface area contributed by atoms with E-state index in [9.17, 15) is 0 Å². The molecular weight excluding hydrogens is 192 g/mol. The Balaban J connectivity index is 2.07. The fourth-order valence-corrected chi connectivity index (χ4v) is 2.45. The van der Waals surface area contributed by atoms with Gasteiger partial charge in [-0.2, -0.15) is 11.8 Å². The van der Waals surface area contributed by atoms with Gasteiger partial charge in [-0.25, -0.2) is 0 Å². The first-order valence-corrected chi connectivity index (χ1v) is 7.10. The summed E-state index contributed by atoms with van der Waals surface area (Å²) < 4.78 is 0. The molecule has 1 fully saturated rings. The van der Waals surface area contributed by atoms with Crippen LogP contribution in [0.4, 0.5) is 0 Å². The van der Waals surface area contributed by atoms with Crippen molar-refractivity contribution in [2.75, 3.05) is 31.6 Å². The molecule has 2 N–H and O–H groups in total. The summed E-state index contributed by atoms with van der Waals surface area (Å²) >= 11 is 1.95. The summed E-state index contributed by atoms with van der Waals surface area (Å²) in [5.41, 5.74) is 6.05. The number of nitrogens with zero attached hydrogens (tertiary/aromatic N) is 1. The lowest BCUT2D eigenvalue weighted by molar-refractivity contribution is 0.167. The Kier molecular flexibility index (Phi) is 5.90. The normalized spacial score (nSPS) is 29.4. The summed E-state index contributed by atoms with van der Waals surface area (Å²) in [6, 6.07) is 0.407. The minimum absolute atomic E-state index is 0.407. The molecule has 0 amide bonds. The zero-order chi connectivity index (χ0) is 10.4. The summed E-state index contributed by atoms with van der Waals surface area (Å²) in [4.78, 5) is 2.53. The van der Waals surface area contributed by atoms with Crippen molar-refractivity contribution in [2.24, 2.45) is 11.7 Å². The van der Waals surface area contributed by atoms with Crippen LogP contribution in [-0.2, 0) is 0 Å². The second kappa shape index (κ2) is 6.70. The summed E-state index contributed by atoms with van der Waals surface area (Å²) in [6.07, 6.45) is 6.15. The Morgan fingerprint density at radius 2 is 2.21 bits per heavy atom. The van der Waals surface area contributed by atoms with Gasteiger partial charge in [-0.3, -0.25) is 0 Å². The quantitative estimate of drug-likeness (QED) is 0.711. The van der Waals surface area contributed by atoms with Crippen LogP contribution >= 0.6 is 11.8 Å². The second-order valence-corrected chi connectivity index (χ2v) is 5.42. The van der Waals surface area contributed by atoms with Crippen molar-refractivity contribution in [3.63, 3.8) is 0 Å². The predicted octanol–water partition coefficient (Wildman–Crippen LogP) is 1.80. The molecule has 0 aliphatic carbocycles. The van der Waals surface area contributed by atoms with E-state index in [1.807, 2.05) is 11.8 Å². The Bertz CT molecular complexity index is 152. The van der Waals surface area contributed by atoms with Gasteiger partial charge < -0.3 is 10.6 Å². The van der Waals surface area contributed by atoms with Gasteiger partial charge in [-0.05, 0) is 50.3 Å². The third-order valence-electron chi connectivity index (χ3n) is 3.17. The third kappa shape index (κ3) is 4.20. The molecule has 1 heterocycles. The molecule has 84 valence electrons. The SMILES string of the molecule is CSCCCCN1CCC(C)C(N)C1. The Morgan fingerprint density at radius 3 is 2.86 bits per heavy atom. The lowest BCUT2D eigenvalue weighted by Gasteiger charge is -2.35. The van der Waals surface area contributed by atoms with Crippen LogP contribution in [0.1, 0.15) is 26.2 Å². The highest BCUT2D eigenvalue weighted by Gasteiger charge is 2.22. The first kappa shape index (κ1) is 12.3. The molecule has 1 saturated heterocycles. The van der Waals surface area contributed by atoms with Crippen molar-refractivity contribution in [1.29, 1.82) is 0 Å². The van der Waals surface area contributed by atoms with E-state index in [4.69, 9.17) is 5.73 Å². The molecule has 0 aromatic carbocycles. The van der Waals surface area contributed by atoms with Gasteiger partial charge in [-0.15, -0.1) is 0 Å². The number of thioether (sulfide) groups is 1. The number of hydrogen-bond donors (Lipinski definition) is 1.